The average Bonchev–Trinajstić information content (AvgIpc) is 2.99. The standard InChI is InChI=1S/C17H20BrN3O3S/c1-12-11-25-17(19-12)20-15(22)10-21(8-3-9-24-2)16(23)13-4-6-14(18)7-5-13/h4-7,11H,3,8-10H2,1-2H3,(H,19,20,22). The highest BCUT2D eigenvalue weighted by molar-refractivity contribution is 9.10. The maximum absolute atomic E-state index is 12.7. The summed E-state index contributed by atoms with van der Waals surface area (Å²) in [6.45, 7) is 2.79. The molecule has 6 nitrogen and oxygen atoms in total. The zero-order valence-electron chi connectivity index (χ0n) is 14.1. The molecule has 8 heteroatoms. The molecule has 0 atom stereocenters. The number of rotatable bonds is 8. The molecular formula is C17H20BrN3O3S. The Bertz CT molecular complexity index is 718. The molecule has 2 rings (SSSR count). The number of aromatic nitrogens is 1. The van der Waals surface area contributed by atoms with Crippen LogP contribution in [-0.4, -0.2) is 48.5 Å². The van der Waals surface area contributed by atoms with Gasteiger partial charge >= 0.3 is 0 Å². The number of ether oxygens (including phenoxy) is 1. The first-order valence-corrected chi connectivity index (χ1v) is 9.42. The summed E-state index contributed by atoms with van der Waals surface area (Å²) in [5, 5.41) is 5.13. The smallest absolute Gasteiger partial charge is 0.254 e. The maximum atomic E-state index is 12.7. The normalized spacial score (nSPS) is 10.5. The van der Waals surface area contributed by atoms with E-state index in [-0.39, 0.29) is 18.4 Å². The second-order valence-corrected chi connectivity index (χ2v) is 7.20. The van der Waals surface area contributed by atoms with E-state index in [4.69, 9.17) is 4.74 Å². The lowest BCUT2D eigenvalue weighted by Crippen LogP contribution is -2.39. The van der Waals surface area contributed by atoms with Crippen LogP contribution in [0.1, 0.15) is 22.5 Å². The van der Waals surface area contributed by atoms with Gasteiger partial charge in [0, 0.05) is 35.7 Å². The molecule has 0 aliphatic heterocycles. The lowest BCUT2D eigenvalue weighted by Gasteiger charge is -2.22. The van der Waals surface area contributed by atoms with Gasteiger partial charge in [0.15, 0.2) is 5.13 Å². The summed E-state index contributed by atoms with van der Waals surface area (Å²) < 4.78 is 5.94. The number of carbonyl (C=O) groups is 2. The lowest BCUT2D eigenvalue weighted by atomic mass is 10.2. The van der Waals surface area contributed by atoms with E-state index in [1.807, 2.05) is 12.3 Å². The number of nitrogens with one attached hydrogen (secondary N) is 1. The third-order valence-corrected chi connectivity index (χ3v) is 4.76. The van der Waals surface area contributed by atoms with E-state index < -0.39 is 0 Å². The predicted octanol–water partition coefficient (Wildman–Crippen LogP) is 3.33. The Hall–Kier alpha value is -1.77. The molecule has 1 aromatic heterocycles. The fourth-order valence-corrected chi connectivity index (χ4v) is 3.14. The van der Waals surface area contributed by atoms with Gasteiger partial charge in [-0.3, -0.25) is 9.59 Å². The predicted molar refractivity (Wildman–Crippen MR) is 102 cm³/mol. The van der Waals surface area contributed by atoms with E-state index in [1.54, 1.807) is 31.4 Å². The number of aryl methyl sites for hydroxylation is 1. The van der Waals surface area contributed by atoms with Gasteiger partial charge in [-0.1, -0.05) is 15.9 Å². The number of methoxy groups -OCH3 is 1. The van der Waals surface area contributed by atoms with Gasteiger partial charge in [-0.25, -0.2) is 4.98 Å². The number of amides is 2. The third-order valence-electron chi connectivity index (χ3n) is 3.35. The largest absolute Gasteiger partial charge is 0.385 e. The fraction of sp³-hybridized carbons (Fsp3) is 0.353. The van der Waals surface area contributed by atoms with Crippen LogP contribution < -0.4 is 5.32 Å². The number of anilines is 1. The van der Waals surface area contributed by atoms with Gasteiger partial charge < -0.3 is 15.0 Å². The van der Waals surface area contributed by atoms with Crippen molar-refractivity contribution in [1.82, 2.24) is 9.88 Å². The monoisotopic (exact) mass is 425 g/mol. The Morgan fingerprint density at radius 1 is 1.32 bits per heavy atom. The van der Waals surface area contributed by atoms with Crippen molar-refractivity contribution in [2.24, 2.45) is 0 Å². The van der Waals surface area contributed by atoms with E-state index in [0.29, 0.717) is 30.3 Å². The van der Waals surface area contributed by atoms with Crippen LogP contribution >= 0.6 is 27.3 Å². The summed E-state index contributed by atoms with van der Waals surface area (Å²) in [4.78, 5) is 30.7. The Labute approximate surface area is 159 Å². The number of carbonyl (C=O) groups excluding carboxylic acids is 2. The number of thiazole rings is 1. The van der Waals surface area contributed by atoms with Crippen LogP contribution in [0.4, 0.5) is 5.13 Å². The highest BCUT2D eigenvalue weighted by Gasteiger charge is 2.19. The van der Waals surface area contributed by atoms with Crippen molar-refractivity contribution in [3.05, 3.63) is 45.4 Å². The quantitative estimate of drug-likeness (QED) is 0.658. The van der Waals surface area contributed by atoms with Crippen LogP contribution in [0.2, 0.25) is 0 Å². The highest BCUT2D eigenvalue weighted by atomic mass is 79.9. The highest BCUT2D eigenvalue weighted by Crippen LogP contribution is 2.15. The third kappa shape index (κ3) is 6.22. The molecule has 134 valence electrons. The van der Waals surface area contributed by atoms with E-state index in [2.05, 4.69) is 26.2 Å². The van der Waals surface area contributed by atoms with Crippen molar-refractivity contribution >= 4 is 44.2 Å². The minimum atomic E-state index is -0.266. The zero-order valence-corrected chi connectivity index (χ0v) is 16.5. The molecule has 0 bridgehead atoms. The van der Waals surface area contributed by atoms with Crippen LogP contribution in [0, 0.1) is 6.92 Å². The molecule has 0 fully saturated rings. The minimum absolute atomic E-state index is 0.0305. The summed E-state index contributed by atoms with van der Waals surface area (Å²) in [7, 11) is 1.61. The van der Waals surface area contributed by atoms with Crippen molar-refractivity contribution in [3.63, 3.8) is 0 Å². The molecule has 2 amide bonds. The topological polar surface area (TPSA) is 71.5 Å². The molecule has 2 aromatic rings. The Morgan fingerprint density at radius 2 is 2.04 bits per heavy atom. The molecule has 0 radical (unpaired) electrons. The van der Waals surface area contributed by atoms with E-state index in [1.165, 1.54) is 16.2 Å². The number of halogens is 1. The van der Waals surface area contributed by atoms with Crippen LogP contribution in [0.5, 0.6) is 0 Å². The molecule has 0 aliphatic carbocycles. The Kier molecular flexibility index (Phi) is 7.54. The summed E-state index contributed by atoms with van der Waals surface area (Å²) in [6.07, 6.45) is 0.655. The maximum Gasteiger partial charge on any atom is 0.254 e. The van der Waals surface area contributed by atoms with Crippen LogP contribution in [-0.2, 0) is 9.53 Å². The molecular weight excluding hydrogens is 406 g/mol. The van der Waals surface area contributed by atoms with Gasteiger partial charge in [-0.05, 0) is 37.6 Å². The van der Waals surface area contributed by atoms with Crippen molar-refractivity contribution in [2.75, 3.05) is 32.1 Å². The lowest BCUT2D eigenvalue weighted by molar-refractivity contribution is -0.116. The number of benzene rings is 1. The first-order chi connectivity index (χ1) is 12.0. The second kappa shape index (κ2) is 9.65. The number of nitrogens with zero attached hydrogens (tertiary/aromatic N) is 2. The van der Waals surface area contributed by atoms with E-state index in [0.717, 1.165) is 10.2 Å². The molecule has 0 spiro atoms. The number of hydrogen-bond acceptors (Lipinski definition) is 5. The van der Waals surface area contributed by atoms with Crippen LogP contribution in [0.15, 0.2) is 34.1 Å². The summed E-state index contributed by atoms with van der Waals surface area (Å²) in [5.74, 6) is -0.452. The molecule has 0 saturated carbocycles. The average molecular weight is 426 g/mol. The second-order valence-electron chi connectivity index (χ2n) is 5.42. The van der Waals surface area contributed by atoms with Crippen LogP contribution in [0.3, 0.4) is 0 Å². The molecule has 1 aromatic carbocycles. The molecule has 25 heavy (non-hydrogen) atoms. The fourth-order valence-electron chi connectivity index (χ4n) is 2.17. The summed E-state index contributed by atoms with van der Waals surface area (Å²) >= 11 is 4.71. The van der Waals surface area contributed by atoms with Gasteiger partial charge in [0.1, 0.15) is 6.54 Å². The molecule has 0 unspecified atom stereocenters. The molecule has 1 heterocycles. The van der Waals surface area contributed by atoms with Crippen molar-refractivity contribution in [1.29, 1.82) is 0 Å². The van der Waals surface area contributed by atoms with Crippen LogP contribution in [0.25, 0.3) is 0 Å². The summed E-state index contributed by atoms with van der Waals surface area (Å²) in [5.41, 5.74) is 1.39. The van der Waals surface area contributed by atoms with Gasteiger partial charge in [-0.15, -0.1) is 11.3 Å². The molecule has 1 N–H and O–H groups in total. The van der Waals surface area contributed by atoms with Crippen molar-refractivity contribution in [2.45, 2.75) is 13.3 Å². The Morgan fingerprint density at radius 3 is 2.64 bits per heavy atom. The molecule has 0 aliphatic rings. The Balaban J connectivity index is 2.04. The SMILES string of the molecule is COCCCN(CC(=O)Nc1nc(C)cs1)C(=O)c1ccc(Br)cc1. The van der Waals surface area contributed by atoms with Gasteiger partial charge in [0.05, 0.1) is 5.69 Å². The van der Waals surface area contributed by atoms with Crippen molar-refractivity contribution < 1.29 is 14.3 Å². The first kappa shape index (κ1) is 19.6. The van der Waals surface area contributed by atoms with Gasteiger partial charge in [0.2, 0.25) is 5.91 Å². The van der Waals surface area contributed by atoms with E-state index >= 15 is 0 Å². The number of hydrogen-bond donors (Lipinski definition) is 1. The van der Waals surface area contributed by atoms with E-state index in [9.17, 15) is 9.59 Å². The van der Waals surface area contributed by atoms with Gasteiger partial charge in [-0.2, -0.15) is 0 Å². The van der Waals surface area contributed by atoms with Crippen molar-refractivity contribution in [3.8, 4) is 0 Å². The molecule has 0 saturated heterocycles. The zero-order chi connectivity index (χ0) is 18.2. The minimum Gasteiger partial charge on any atom is -0.385 e. The van der Waals surface area contributed by atoms with Gasteiger partial charge in [0.25, 0.3) is 5.91 Å². The first-order valence-electron chi connectivity index (χ1n) is 7.75. The summed E-state index contributed by atoms with van der Waals surface area (Å²) in [6, 6.07) is 7.08.